The van der Waals surface area contributed by atoms with E-state index in [2.05, 4.69) is 10.4 Å². The fourth-order valence-corrected chi connectivity index (χ4v) is 2.22. The molecule has 7 heteroatoms. The lowest BCUT2D eigenvalue weighted by atomic mass is 9.98. The summed E-state index contributed by atoms with van der Waals surface area (Å²) in [6.07, 6.45) is 6.99. The van der Waals surface area contributed by atoms with Gasteiger partial charge >= 0.3 is 0 Å². The number of hydrogen-bond donors (Lipinski definition) is 2. The van der Waals surface area contributed by atoms with Crippen LogP contribution in [0.15, 0.2) is 12.4 Å². The molecule has 0 aromatic carbocycles. The molecule has 0 aliphatic heterocycles. The van der Waals surface area contributed by atoms with E-state index in [1.54, 1.807) is 24.2 Å². The normalized spacial score (nSPS) is 16.9. The second-order valence-electron chi connectivity index (χ2n) is 4.80. The average Bonchev–Trinajstić information content (AvgIpc) is 2.97. The van der Waals surface area contributed by atoms with Gasteiger partial charge in [0.05, 0.1) is 30.6 Å². The summed E-state index contributed by atoms with van der Waals surface area (Å²) in [7, 11) is 1.64. The number of amides is 1. The second kappa shape index (κ2) is 6.88. The number of nitrogens with two attached hydrogens (primary N) is 1. The van der Waals surface area contributed by atoms with Crippen LogP contribution in [0, 0.1) is 0 Å². The standard InChI is InChI=1S/C12H20N4O2.ClH/c1-18-7-6-16-9-10(8-14-16)15-11(17)12(13)4-2-3-5-12;/h8-9H,2-7,13H2,1H3,(H,15,17);1H. The van der Waals surface area contributed by atoms with Gasteiger partial charge in [-0.2, -0.15) is 5.10 Å². The van der Waals surface area contributed by atoms with Gasteiger partial charge in [-0.25, -0.2) is 0 Å². The SMILES string of the molecule is COCCn1cc(NC(=O)C2(N)CCCC2)cn1.Cl. The van der Waals surface area contributed by atoms with Crippen molar-refractivity contribution >= 4 is 24.0 Å². The molecular weight excluding hydrogens is 268 g/mol. The van der Waals surface area contributed by atoms with Gasteiger partial charge in [-0.05, 0) is 12.8 Å². The van der Waals surface area contributed by atoms with Gasteiger partial charge in [0.1, 0.15) is 0 Å². The van der Waals surface area contributed by atoms with E-state index < -0.39 is 5.54 Å². The monoisotopic (exact) mass is 288 g/mol. The third kappa shape index (κ3) is 3.92. The quantitative estimate of drug-likeness (QED) is 0.852. The summed E-state index contributed by atoms with van der Waals surface area (Å²) in [6.45, 7) is 1.26. The predicted molar refractivity (Wildman–Crippen MR) is 75.4 cm³/mol. The minimum absolute atomic E-state index is 0. The molecule has 1 amide bonds. The number of ether oxygens (including phenoxy) is 1. The summed E-state index contributed by atoms with van der Waals surface area (Å²) in [4.78, 5) is 12.1. The van der Waals surface area contributed by atoms with E-state index in [1.807, 2.05) is 0 Å². The van der Waals surface area contributed by atoms with Crippen LogP contribution in [0.2, 0.25) is 0 Å². The fourth-order valence-electron chi connectivity index (χ4n) is 2.22. The van der Waals surface area contributed by atoms with Crippen molar-refractivity contribution in [3.8, 4) is 0 Å². The largest absolute Gasteiger partial charge is 0.383 e. The topological polar surface area (TPSA) is 82.2 Å². The first-order chi connectivity index (χ1) is 8.64. The van der Waals surface area contributed by atoms with Gasteiger partial charge in [-0.3, -0.25) is 9.48 Å². The molecule has 3 N–H and O–H groups in total. The van der Waals surface area contributed by atoms with Gasteiger partial charge in [-0.15, -0.1) is 12.4 Å². The Morgan fingerprint density at radius 1 is 1.58 bits per heavy atom. The molecule has 1 aromatic heterocycles. The van der Waals surface area contributed by atoms with E-state index in [4.69, 9.17) is 10.5 Å². The number of anilines is 1. The van der Waals surface area contributed by atoms with Gasteiger partial charge in [0.2, 0.25) is 5.91 Å². The van der Waals surface area contributed by atoms with Crippen molar-refractivity contribution in [3.05, 3.63) is 12.4 Å². The van der Waals surface area contributed by atoms with Crippen molar-refractivity contribution < 1.29 is 9.53 Å². The molecule has 0 saturated heterocycles. The molecule has 1 aliphatic carbocycles. The van der Waals surface area contributed by atoms with Crippen molar-refractivity contribution in [2.75, 3.05) is 19.0 Å². The lowest BCUT2D eigenvalue weighted by Crippen LogP contribution is -2.48. The van der Waals surface area contributed by atoms with Gasteiger partial charge < -0.3 is 15.8 Å². The van der Waals surface area contributed by atoms with E-state index in [9.17, 15) is 4.79 Å². The van der Waals surface area contributed by atoms with Crippen molar-refractivity contribution in [1.29, 1.82) is 0 Å². The highest BCUT2D eigenvalue weighted by Gasteiger charge is 2.37. The number of hydrogen-bond acceptors (Lipinski definition) is 4. The Kier molecular flexibility index (Phi) is 5.78. The zero-order valence-electron chi connectivity index (χ0n) is 11.1. The van der Waals surface area contributed by atoms with E-state index >= 15 is 0 Å². The Morgan fingerprint density at radius 3 is 2.89 bits per heavy atom. The average molecular weight is 289 g/mol. The Labute approximate surface area is 119 Å². The van der Waals surface area contributed by atoms with Crippen LogP contribution in [-0.4, -0.2) is 34.9 Å². The van der Waals surface area contributed by atoms with Crippen LogP contribution >= 0.6 is 12.4 Å². The van der Waals surface area contributed by atoms with E-state index in [0.717, 1.165) is 25.7 Å². The predicted octanol–water partition coefficient (Wildman–Crippen LogP) is 1.16. The smallest absolute Gasteiger partial charge is 0.244 e. The number of rotatable bonds is 5. The van der Waals surface area contributed by atoms with Gasteiger partial charge in [0, 0.05) is 13.3 Å². The number of methoxy groups -OCH3 is 1. The highest BCUT2D eigenvalue weighted by molar-refractivity contribution is 5.97. The molecule has 0 bridgehead atoms. The maximum absolute atomic E-state index is 12.1. The molecule has 0 unspecified atom stereocenters. The van der Waals surface area contributed by atoms with Gasteiger partial charge in [-0.1, -0.05) is 12.8 Å². The summed E-state index contributed by atoms with van der Waals surface area (Å²) in [5.41, 5.74) is 6.07. The van der Waals surface area contributed by atoms with Crippen LogP contribution in [0.5, 0.6) is 0 Å². The van der Waals surface area contributed by atoms with Crippen LogP contribution in [0.25, 0.3) is 0 Å². The zero-order chi connectivity index (χ0) is 13.0. The Morgan fingerprint density at radius 2 is 2.26 bits per heavy atom. The van der Waals surface area contributed by atoms with Crippen LogP contribution in [0.1, 0.15) is 25.7 Å². The molecule has 1 aliphatic rings. The highest BCUT2D eigenvalue weighted by atomic mass is 35.5. The van der Waals surface area contributed by atoms with Crippen molar-refractivity contribution in [2.45, 2.75) is 37.8 Å². The number of halogens is 1. The fraction of sp³-hybridized carbons (Fsp3) is 0.667. The molecule has 1 aromatic rings. The number of carbonyl (C=O) groups excluding carboxylic acids is 1. The third-order valence-corrected chi connectivity index (χ3v) is 3.36. The Hall–Kier alpha value is -1.11. The van der Waals surface area contributed by atoms with E-state index in [1.165, 1.54) is 0 Å². The lowest BCUT2D eigenvalue weighted by Gasteiger charge is -2.21. The number of nitrogens with one attached hydrogen (secondary N) is 1. The summed E-state index contributed by atoms with van der Waals surface area (Å²) in [5, 5.41) is 6.97. The van der Waals surface area contributed by atoms with E-state index in [-0.39, 0.29) is 18.3 Å². The first kappa shape index (κ1) is 15.9. The molecule has 19 heavy (non-hydrogen) atoms. The molecule has 1 saturated carbocycles. The van der Waals surface area contributed by atoms with E-state index in [0.29, 0.717) is 18.8 Å². The number of nitrogens with zero attached hydrogens (tertiary/aromatic N) is 2. The summed E-state index contributed by atoms with van der Waals surface area (Å²) in [6, 6.07) is 0. The van der Waals surface area contributed by atoms with Crippen LogP contribution in [0.4, 0.5) is 5.69 Å². The number of aromatic nitrogens is 2. The minimum Gasteiger partial charge on any atom is -0.383 e. The van der Waals surface area contributed by atoms with Crippen molar-refractivity contribution in [1.82, 2.24) is 9.78 Å². The Bertz CT molecular complexity index is 416. The summed E-state index contributed by atoms with van der Waals surface area (Å²) < 4.78 is 6.70. The second-order valence-corrected chi connectivity index (χ2v) is 4.80. The molecule has 2 rings (SSSR count). The van der Waals surface area contributed by atoms with Gasteiger partial charge in [0.15, 0.2) is 0 Å². The zero-order valence-corrected chi connectivity index (χ0v) is 11.9. The van der Waals surface area contributed by atoms with Gasteiger partial charge in [0.25, 0.3) is 0 Å². The molecule has 0 spiro atoms. The first-order valence-corrected chi connectivity index (χ1v) is 6.26. The van der Waals surface area contributed by atoms with Crippen LogP contribution in [-0.2, 0) is 16.1 Å². The molecule has 108 valence electrons. The van der Waals surface area contributed by atoms with Crippen LogP contribution < -0.4 is 11.1 Å². The highest BCUT2D eigenvalue weighted by Crippen LogP contribution is 2.28. The molecule has 1 heterocycles. The maximum Gasteiger partial charge on any atom is 0.244 e. The Balaban J connectivity index is 0.00000180. The minimum atomic E-state index is -0.700. The van der Waals surface area contributed by atoms with Crippen LogP contribution in [0.3, 0.4) is 0 Å². The number of carbonyl (C=O) groups is 1. The summed E-state index contributed by atoms with van der Waals surface area (Å²) in [5.74, 6) is -0.105. The third-order valence-electron chi connectivity index (χ3n) is 3.36. The molecular formula is C12H21ClN4O2. The maximum atomic E-state index is 12.1. The lowest BCUT2D eigenvalue weighted by molar-refractivity contribution is -0.121. The molecule has 0 atom stereocenters. The molecule has 6 nitrogen and oxygen atoms in total. The molecule has 0 radical (unpaired) electrons. The van der Waals surface area contributed by atoms with Crippen molar-refractivity contribution in [3.63, 3.8) is 0 Å². The summed E-state index contributed by atoms with van der Waals surface area (Å²) >= 11 is 0. The first-order valence-electron chi connectivity index (χ1n) is 6.26. The molecule has 1 fully saturated rings. The van der Waals surface area contributed by atoms with Crippen molar-refractivity contribution in [2.24, 2.45) is 5.73 Å².